The quantitative estimate of drug-likeness (QED) is 0.288. The summed E-state index contributed by atoms with van der Waals surface area (Å²) in [4.78, 5) is 0. The SMILES string of the molecule is N[C@H]1[C@@H](O)[C@H](O)C(O)O[C@@H]1CO. The lowest BCUT2D eigenvalue weighted by atomic mass is 9.98. The highest BCUT2D eigenvalue weighted by Crippen LogP contribution is 2.17. The van der Waals surface area contributed by atoms with E-state index in [4.69, 9.17) is 25.8 Å². The summed E-state index contributed by atoms with van der Waals surface area (Å²) in [6.07, 6.45) is -5.01. The Morgan fingerprint density at radius 1 is 1.17 bits per heavy atom. The van der Waals surface area contributed by atoms with Crippen LogP contribution >= 0.6 is 0 Å². The molecule has 0 amide bonds. The first-order valence-electron chi connectivity index (χ1n) is 3.64. The van der Waals surface area contributed by atoms with Crippen molar-refractivity contribution in [3.8, 4) is 0 Å². The summed E-state index contributed by atoms with van der Waals surface area (Å²) in [6.45, 7) is -0.401. The molecule has 0 bridgehead atoms. The van der Waals surface area contributed by atoms with Gasteiger partial charge in [0.25, 0.3) is 0 Å². The fraction of sp³-hybridized carbons (Fsp3) is 1.00. The van der Waals surface area contributed by atoms with Gasteiger partial charge in [-0.15, -0.1) is 0 Å². The van der Waals surface area contributed by atoms with Crippen molar-refractivity contribution >= 4 is 0 Å². The van der Waals surface area contributed by atoms with Gasteiger partial charge in [0, 0.05) is 0 Å². The van der Waals surface area contributed by atoms with Crippen LogP contribution in [0.3, 0.4) is 0 Å². The lowest BCUT2D eigenvalue weighted by Crippen LogP contribution is -2.61. The van der Waals surface area contributed by atoms with Crippen molar-refractivity contribution in [3.05, 3.63) is 0 Å². The fourth-order valence-corrected chi connectivity index (χ4v) is 1.13. The van der Waals surface area contributed by atoms with Crippen LogP contribution in [0.25, 0.3) is 0 Å². The molecule has 5 atom stereocenters. The maximum atomic E-state index is 9.19. The van der Waals surface area contributed by atoms with Gasteiger partial charge in [-0.1, -0.05) is 0 Å². The zero-order valence-electron chi connectivity index (χ0n) is 6.37. The normalized spacial score (nSPS) is 49.2. The molecule has 0 aromatic rings. The first-order valence-corrected chi connectivity index (χ1v) is 3.64. The lowest BCUT2D eigenvalue weighted by molar-refractivity contribution is -0.258. The minimum Gasteiger partial charge on any atom is -0.394 e. The van der Waals surface area contributed by atoms with Crippen molar-refractivity contribution in [1.29, 1.82) is 0 Å². The smallest absolute Gasteiger partial charge is 0.183 e. The van der Waals surface area contributed by atoms with Crippen LogP contribution in [0.2, 0.25) is 0 Å². The number of nitrogens with two attached hydrogens (primary N) is 1. The summed E-state index contributed by atoms with van der Waals surface area (Å²) < 4.78 is 4.70. The molecule has 0 aromatic carbocycles. The molecular formula is C6H13NO5. The van der Waals surface area contributed by atoms with Gasteiger partial charge in [-0.3, -0.25) is 0 Å². The molecule has 6 heteroatoms. The van der Waals surface area contributed by atoms with Crippen molar-refractivity contribution < 1.29 is 25.2 Å². The molecule has 6 N–H and O–H groups in total. The van der Waals surface area contributed by atoms with Gasteiger partial charge in [0.15, 0.2) is 6.29 Å². The minimum absolute atomic E-state index is 0.401. The van der Waals surface area contributed by atoms with E-state index >= 15 is 0 Å². The van der Waals surface area contributed by atoms with Crippen molar-refractivity contribution in [1.82, 2.24) is 0 Å². The van der Waals surface area contributed by atoms with E-state index < -0.39 is 37.3 Å². The highest BCUT2D eigenvalue weighted by atomic mass is 16.6. The highest BCUT2D eigenvalue weighted by Gasteiger charge is 2.41. The van der Waals surface area contributed by atoms with Gasteiger partial charge >= 0.3 is 0 Å². The van der Waals surface area contributed by atoms with Gasteiger partial charge in [0.05, 0.1) is 12.6 Å². The van der Waals surface area contributed by atoms with Gasteiger partial charge in [0.1, 0.15) is 18.3 Å². The van der Waals surface area contributed by atoms with Gasteiger partial charge in [0.2, 0.25) is 0 Å². The van der Waals surface area contributed by atoms with Gasteiger partial charge < -0.3 is 30.9 Å². The third-order valence-electron chi connectivity index (χ3n) is 1.96. The zero-order valence-corrected chi connectivity index (χ0v) is 6.37. The molecular weight excluding hydrogens is 166 g/mol. The summed E-state index contributed by atoms with van der Waals surface area (Å²) in [6, 6.07) is -0.881. The van der Waals surface area contributed by atoms with Crippen LogP contribution in [0.15, 0.2) is 0 Å². The van der Waals surface area contributed by atoms with Crippen molar-refractivity contribution in [2.75, 3.05) is 6.61 Å². The van der Waals surface area contributed by atoms with Crippen LogP contribution in [-0.4, -0.2) is 57.7 Å². The highest BCUT2D eigenvalue weighted by molar-refractivity contribution is 4.90. The molecule has 0 aromatic heterocycles. The number of ether oxygens (including phenoxy) is 1. The first-order chi connectivity index (χ1) is 5.57. The summed E-state index contributed by atoms with van der Waals surface area (Å²) in [5.41, 5.74) is 5.38. The lowest BCUT2D eigenvalue weighted by Gasteiger charge is -2.38. The third-order valence-corrected chi connectivity index (χ3v) is 1.96. The van der Waals surface area contributed by atoms with E-state index in [2.05, 4.69) is 0 Å². The maximum Gasteiger partial charge on any atom is 0.183 e. The van der Waals surface area contributed by atoms with E-state index in [0.29, 0.717) is 0 Å². The van der Waals surface area contributed by atoms with Crippen molar-refractivity contribution in [3.63, 3.8) is 0 Å². The van der Waals surface area contributed by atoms with Crippen LogP contribution in [-0.2, 0) is 4.74 Å². The van der Waals surface area contributed by atoms with Gasteiger partial charge in [-0.05, 0) is 0 Å². The Morgan fingerprint density at radius 3 is 2.25 bits per heavy atom. The summed E-state index contributed by atoms with van der Waals surface area (Å²) in [5.74, 6) is 0. The molecule has 6 nitrogen and oxygen atoms in total. The largest absolute Gasteiger partial charge is 0.394 e. The van der Waals surface area contributed by atoms with Crippen LogP contribution < -0.4 is 5.73 Å². The molecule has 0 aliphatic carbocycles. The Morgan fingerprint density at radius 2 is 1.75 bits per heavy atom. The molecule has 72 valence electrons. The predicted octanol–water partition coefficient (Wildman–Crippen LogP) is -3.26. The molecule has 0 saturated carbocycles. The maximum absolute atomic E-state index is 9.19. The Balaban J connectivity index is 2.63. The molecule has 1 fully saturated rings. The number of aliphatic hydroxyl groups excluding tert-OH is 4. The molecule has 1 aliphatic heterocycles. The van der Waals surface area contributed by atoms with E-state index in [1.165, 1.54) is 0 Å². The van der Waals surface area contributed by atoms with E-state index in [9.17, 15) is 5.11 Å². The number of hydrogen-bond donors (Lipinski definition) is 5. The topological polar surface area (TPSA) is 116 Å². The Labute approximate surface area is 69.2 Å². The average molecular weight is 179 g/mol. The van der Waals surface area contributed by atoms with Crippen LogP contribution in [0.5, 0.6) is 0 Å². The minimum atomic E-state index is -1.49. The van der Waals surface area contributed by atoms with Crippen molar-refractivity contribution in [2.24, 2.45) is 5.73 Å². The Hall–Kier alpha value is -0.240. The first kappa shape index (κ1) is 9.85. The van der Waals surface area contributed by atoms with Gasteiger partial charge in [-0.25, -0.2) is 0 Å². The second-order valence-electron chi connectivity index (χ2n) is 2.81. The number of rotatable bonds is 1. The molecule has 1 unspecified atom stereocenters. The molecule has 1 heterocycles. The molecule has 12 heavy (non-hydrogen) atoms. The summed E-state index contributed by atoms with van der Waals surface area (Å²) in [5, 5.41) is 35.9. The predicted molar refractivity (Wildman–Crippen MR) is 38.0 cm³/mol. The summed E-state index contributed by atoms with van der Waals surface area (Å²) >= 11 is 0. The number of hydrogen-bond acceptors (Lipinski definition) is 6. The van der Waals surface area contributed by atoms with Crippen LogP contribution in [0.4, 0.5) is 0 Å². The van der Waals surface area contributed by atoms with Crippen molar-refractivity contribution in [2.45, 2.75) is 30.6 Å². The summed E-state index contributed by atoms with van der Waals surface area (Å²) in [7, 11) is 0. The van der Waals surface area contributed by atoms with E-state index in [-0.39, 0.29) is 0 Å². The van der Waals surface area contributed by atoms with E-state index in [1.807, 2.05) is 0 Å². The van der Waals surface area contributed by atoms with Crippen LogP contribution in [0.1, 0.15) is 0 Å². The Kier molecular flexibility index (Phi) is 2.99. The molecule has 1 saturated heterocycles. The van der Waals surface area contributed by atoms with Crippen LogP contribution in [0, 0.1) is 0 Å². The average Bonchev–Trinajstić information content (AvgIpc) is 2.08. The molecule has 0 spiro atoms. The monoisotopic (exact) mass is 179 g/mol. The van der Waals surface area contributed by atoms with E-state index in [0.717, 1.165) is 0 Å². The van der Waals surface area contributed by atoms with E-state index in [1.54, 1.807) is 0 Å². The Bertz CT molecular complexity index is 150. The second kappa shape index (κ2) is 3.65. The van der Waals surface area contributed by atoms with Gasteiger partial charge in [-0.2, -0.15) is 0 Å². The molecule has 1 aliphatic rings. The standard InChI is InChI=1S/C6H13NO5/c7-3-2(1-8)12-6(11)5(10)4(3)9/h2-6,8-11H,1,7H2/t2-,3-,4-,5+,6?/m1/s1. The number of aliphatic hydroxyl groups is 4. The second-order valence-corrected chi connectivity index (χ2v) is 2.81. The molecule has 0 radical (unpaired) electrons. The third kappa shape index (κ3) is 1.58. The fourth-order valence-electron chi connectivity index (χ4n) is 1.13. The molecule has 1 rings (SSSR count). The zero-order chi connectivity index (χ0) is 9.30.